The van der Waals surface area contributed by atoms with Gasteiger partial charge in [-0.3, -0.25) is 4.90 Å². The lowest BCUT2D eigenvalue weighted by molar-refractivity contribution is 0.218. The minimum absolute atomic E-state index is 0.588. The molecule has 3 heterocycles. The smallest absolute Gasteiger partial charge is 0.223 e. The lowest BCUT2D eigenvalue weighted by atomic mass is 10.1. The van der Waals surface area contributed by atoms with E-state index in [2.05, 4.69) is 36.1 Å². The first-order chi connectivity index (χ1) is 14.2. The number of nitrogens with zero attached hydrogens (tertiary/aromatic N) is 5. The zero-order valence-corrected chi connectivity index (χ0v) is 18.5. The highest BCUT2D eigenvalue weighted by Gasteiger charge is 2.24. The molecule has 0 radical (unpaired) electrons. The van der Waals surface area contributed by atoms with E-state index < -0.39 is 0 Å². The summed E-state index contributed by atoms with van der Waals surface area (Å²) in [7, 11) is 0. The van der Waals surface area contributed by atoms with Crippen molar-refractivity contribution >= 4 is 38.6 Å². The predicted octanol–water partition coefficient (Wildman–Crippen LogP) is 5.43. The molecular weight excluding hydrogens is 454 g/mol. The maximum absolute atomic E-state index is 6.23. The molecule has 1 aromatic carbocycles. The van der Waals surface area contributed by atoms with E-state index in [1.54, 1.807) is 6.20 Å². The molecule has 0 bridgehead atoms. The van der Waals surface area contributed by atoms with Crippen molar-refractivity contribution in [3.05, 3.63) is 39.5 Å². The summed E-state index contributed by atoms with van der Waals surface area (Å²) in [4.78, 5) is 6.91. The molecule has 152 valence electrons. The van der Waals surface area contributed by atoms with Crippen LogP contribution in [0.2, 0.25) is 5.02 Å². The van der Waals surface area contributed by atoms with Crippen molar-refractivity contribution in [3.8, 4) is 11.6 Å². The van der Waals surface area contributed by atoms with Crippen LogP contribution in [0.3, 0.4) is 0 Å². The van der Waals surface area contributed by atoms with E-state index in [0.29, 0.717) is 16.7 Å². The molecule has 2 aromatic heterocycles. The molecule has 2 aliphatic rings. The molecule has 0 amide bonds. The molecule has 8 heteroatoms. The highest BCUT2D eigenvalue weighted by atomic mass is 79.9. The third kappa shape index (κ3) is 4.27. The number of halogens is 2. The number of benzene rings is 1. The molecule has 5 rings (SSSR count). The quantitative estimate of drug-likeness (QED) is 0.475. The number of ether oxygens (including phenoxy) is 1. The van der Waals surface area contributed by atoms with Crippen molar-refractivity contribution in [1.82, 2.24) is 24.9 Å². The zero-order valence-electron chi connectivity index (χ0n) is 16.2. The molecule has 1 aliphatic heterocycles. The molecule has 29 heavy (non-hydrogen) atoms. The lowest BCUT2D eigenvalue weighted by Crippen LogP contribution is -2.29. The molecule has 1 aliphatic carbocycles. The van der Waals surface area contributed by atoms with Gasteiger partial charge >= 0.3 is 0 Å². The average Bonchev–Trinajstić information content (AvgIpc) is 3.45. The van der Waals surface area contributed by atoms with E-state index in [1.165, 1.54) is 32.1 Å². The Hall–Kier alpha value is -1.70. The molecule has 1 saturated carbocycles. The second kappa shape index (κ2) is 8.20. The first-order valence-corrected chi connectivity index (χ1v) is 11.4. The second-order valence-electron chi connectivity index (χ2n) is 8.02. The van der Waals surface area contributed by atoms with Crippen LogP contribution in [-0.4, -0.2) is 38.0 Å². The van der Waals surface area contributed by atoms with Crippen LogP contribution in [0.5, 0.6) is 11.6 Å². The second-order valence-corrected chi connectivity index (χ2v) is 9.25. The summed E-state index contributed by atoms with van der Waals surface area (Å²) in [5.74, 6) is 2.02. The largest absolute Gasteiger partial charge is 0.437 e. The van der Waals surface area contributed by atoms with Gasteiger partial charge in [0.05, 0.1) is 15.0 Å². The normalized spacial score (nSPS) is 17.7. The average molecular weight is 477 g/mol. The summed E-state index contributed by atoms with van der Waals surface area (Å²) >= 11 is 9.90. The molecule has 6 nitrogen and oxygen atoms in total. The Balaban J connectivity index is 1.42. The van der Waals surface area contributed by atoms with E-state index >= 15 is 0 Å². The molecule has 3 aromatic rings. The van der Waals surface area contributed by atoms with Crippen LogP contribution >= 0.6 is 27.5 Å². The standard InChI is InChI=1S/C21H23BrClN5O/c22-19-18(7-6-17-20(19)25-26-28(17)12-14-4-5-14)29-21-15(10-16(23)11-24-21)13-27-8-2-1-3-9-27/h6-7,10-11,14H,1-5,8-9,12-13H2. The first-order valence-electron chi connectivity index (χ1n) is 10.2. The van der Waals surface area contributed by atoms with Gasteiger partial charge in [-0.2, -0.15) is 0 Å². The number of hydrogen-bond donors (Lipinski definition) is 0. The maximum Gasteiger partial charge on any atom is 0.223 e. The summed E-state index contributed by atoms with van der Waals surface area (Å²) in [6.07, 6.45) is 7.99. The van der Waals surface area contributed by atoms with Crippen LogP contribution in [0, 0.1) is 5.92 Å². The van der Waals surface area contributed by atoms with E-state index in [1.807, 2.05) is 22.9 Å². The summed E-state index contributed by atoms with van der Waals surface area (Å²) < 4.78 is 9.02. The Bertz CT molecular complexity index is 1030. The van der Waals surface area contributed by atoms with Gasteiger partial charge in [-0.05, 0) is 78.8 Å². The SMILES string of the molecule is Clc1cnc(Oc2ccc3c(nnn3CC3CC3)c2Br)c(CN2CCCCC2)c1. The summed E-state index contributed by atoms with van der Waals surface area (Å²) in [5.41, 5.74) is 2.84. The molecule has 0 unspecified atom stereocenters. The fraction of sp³-hybridized carbons (Fsp3) is 0.476. The Morgan fingerprint density at radius 3 is 2.79 bits per heavy atom. The summed E-state index contributed by atoms with van der Waals surface area (Å²) in [6, 6.07) is 5.94. The molecule has 0 atom stereocenters. The number of likely N-dealkylation sites (tertiary alicyclic amines) is 1. The minimum atomic E-state index is 0.588. The van der Waals surface area contributed by atoms with Crippen molar-refractivity contribution in [3.63, 3.8) is 0 Å². The predicted molar refractivity (Wildman–Crippen MR) is 116 cm³/mol. The molecule has 1 saturated heterocycles. The van der Waals surface area contributed by atoms with Gasteiger partial charge in [-0.25, -0.2) is 9.67 Å². The van der Waals surface area contributed by atoms with Crippen LogP contribution in [0.1, 0.15) is 37.7 Å². The third-order valence-corrected chi connectivity index (χ3v) is 6.63. The van der Waals surface area contributed by atoms with Crippen molar-refractivity contribution in [1.29, 1.82) is 0 Å². The fourth-order valence-corrected chi connectivity index (χ4v) is 4.56. The number of aromatic nitrogens is 4. The van der Waals surface area contributed by atoms with E-state index in [9.17, 15) is 0 Å². The van der Waals surface area contributed by atoms with Gasteiger partial charge in [-0.15, -0.1) is 5.10 Å². The number of hydrogen-bond acceptors (Lipinski definition) is 5. The molecule has 0 N–H and O–H groups in total. The highest BCUT2D eigenvalue weighted by molar-refractivity contribution is 9.10. The minimum Gasteiger partial charge on any atom is -0.437 e. The fourth-order valence-electron chi connectivity index (χ4n) is 3.88. The Morgan fingerprint density at radius 2 is 2.00 bits per heavy atom. The van der Waals surface area contributed by atoms with Gasteiger partial charge in [-0.1, -0.05) is 23.2 Å². The van der Waals surface area contributed by atoms with Crippen LogP contribution < -0.4 is 4.74 Å². The van der Waals surface area contributed by atoms with Gasteiger partial charge < -0.3 is 4.74 Å². The van der Waals surface area contributed by atoms with Crippen LogP contribution in [0.4, 0.5) is 0 Å². The van der Waals surface area contributed by atoms with Crippen molar-refractivity contribution in [2.24, 2.45) is 5.92 Å². The van der Waals surface area contributed by atoms with E-state index in [0.717, 1.165) is 53.2 Å². The van der Waals surface area contributed by atoms with Gasteiger partial charge in [0.25, 0.3) is 0 Å². The number of fused-ring (bicyclic) bond motifs is 1. The Kier molecular flexibility index (Phi) is 5.45. The monoisotopic (exact) mass is 475 g/mol. The number of piperidine rings is 1. The zero-order chi connectivity index (χ0) is 19.8. The number of pyridine rings is 1. The molecule has 2 fully saturated rings. The van der Waals surface area contributed by atoms with Gasteiger partial charge in [0.2, 0.25) is 5.88 Å². The lowest BCUT2D eigenvalue weighted by Gasteiger charge is -2.27. The molecular formula is C21H23BrClN5O. The van der Waals surface area contributed by atoms with Crippen LogP contribution in [0.25, 0.3) is 11.0 Å². The van der Waals surface area contributed by atoms with Crippen LogP contribution in [-0.2, 0) is 13.1 Å². The maximum atomic E-state index is 6.23. The molecule has 0 spiro atoms. The highest BCUT2D eigenvalue weighted by Crippen LogP contribution is 2.37. The van der Waals surface area contributed by atoms with Crippen molar-refractivity contribution in [2.45, 2.75) is 45.2 Å². The summed E-state index contributed by atoms with van der Waals surface area (Å²) in [5, 5.41) is 9.33. The van der Waals surface area contributed by atoms with Gasteiger partial charge in [0.15, 0.2) is 0 Å². The Morgan fingerprint density at radius 1 is 1.17 bits per heavy atom. The topological polar surface area (TPSA) is 56.1 Å². The van der Waals surface area contributed by atoms with E-state index in [-0.39, 0.29) is 0 Å². The Labute approximate surface area is 183 Å². The first kappa shape index (κ1) is 19.3. The van der Waals surface area contributed by atoms with Gasteiger partial charge in [0, 0.05) is 24.8 Å². The van der Waals surface area contributed by atoms with Crippen molar-refractivity contribution < 1.29 is 4.74 Å². The van der Waals surface area contributed by atoms with E-state index in [4.69, 9.17) is 16.3 Å². The summed E-state index contributed by atoms with van der Waals surface area (Å²) in [6.45, 7) is 3.93. The van der Waals surface area contributed by atoms with Gasteiger partial charge in [0.1, 0.15) is 11.3 Å². The third-order valence-electron chi connectivity index (χ3n) is 5.66. The van der Waals surface area contributed by atoms with Crippen molar-refractivity contribution in [2.75, 3.05) is 13.1 Å². The number of rotatable bonds is 6. The van der Waals surface area contributed by atoms with Crippen LogP contribution in [0.15, 0.2) is 28.9 Å².